The van der Waals surface area contributed by atoms with Gasteiger partial charge in [0.2, 0.25) is 0 Å². The van der Waals surface area contributed by atoms with Crippen LogP contribution in [0.5, 0.6) is 0 Å². The van der Waals surface area contributed by atoms with E-state index in [-0.39, 0.29) is 25.5 Å². The summed E-state index contributed by atoms with van der Waals surface area (Å²) in [4.78, 5) is 13.7. The van der Waals surface area contributed by atoms with Crippen LogP contribution in [-0.4, -0.2) is 61.7 Å². The van der Waals surface area contributed by atoms with Crippen LogP contribution in [0.1, 0.15) is 13.3 Å². The van der Waals surface area contributed by atoms with E-state index in [0.717, 1.165) is 17.9 Å². The summed E-state index contributed by atoms with van der Waals surface area (Å²) >= 11 is 0. The van der Waals surface area contributed by atoms with E-state index in [1.807, 2.05) is 31.2 Å². The predicted octanol–water partition coefficient (Wildman–Crippen LogP) is -0.0288. The van der Waals surface area contributed by atoms with Gasteiger partial charge in [0.1, 0.15) is 6.61 Å². The number of hydrogen-bond acceptors (Lipinski definition) is 7. The van der Waals surface area contributed by atoms with Gasteiger partial charge in [-0.3, -0.25) is 4.79 Å². The summed E-state index contributed by atoms with van der Waals surface area (Å²) in [6.07, 6.45) is -0.573. The van der Waals surface area contributed by atoms with Crippen LogP contribution in [0, 0.1) is 0 Å². The average Bonchev–Trinajstić information content (AvgIpc) is 2.56. The van der Waals surface area contributed by atoms with E-state index in [1.165, 1.54) is 0 Å². The highest BCUT2D eigenvalue weighted by Gasteiger charge is 2.07. The number of carbonyl (C=O) groups excluding carboxylic acids is 1. The lowest BCUT2D eigenvalue weighted by molar-refractivity contribution is -0.143. The molecule has 130 valence electrons. The number of likely N-dealkylation sites (N-methyl/N-ethyl adjacent to an activating group) is 1. The molecule has 0 bridgehead atoms. The molecule has 0 aromatic heterocycles. The molecule has 0 aliphatic rings. The Labute approximate surface area is 137 Å². The molecule has 1 atom stereocenters. The highest BCUT2D eigenvalue weighted by molar-refractivity contribution is 5.69. The molecular weight excluding hydrogens is 298 g/mol. The first-order valence-corrected chi connectivity index (χ1v) is 7.82. The van der Waals surface area contributed by atoms with Crippen LogP contribution in [0.3, 0.4) is 0 Å². The summed E-state index contributed by atoms with van der Waals surface area (Å²) in [5.74, 6) is -0.288. The van der Waals surface area contributed by atoms with Gasteiger partial charge in [-0.1, -0.05) is 0 Å². The molecule has 1 aromatic carbocycles. The van der Waals surface area contributed by atoms with E-state index in [0.29, 0.717) is 19.7 Å². The van der Waals surface area contributed by atoms with Gasteiger partial charge in [-0.15, -0.1) is 0 Å². The van der Waals surface area contributed by atoms with Crippen LogP contribution < -0.4 is 16.0 Å². The molecule has 0 fully saturated rings. The van der Waals surface area contributed by atoms with Crippen LogP contribution in [-0.2, 0) is 9.53 Å². The van der Waals surface area contributed by atoms with Crippen molar-refractivity contribution in [1.29, 1.82) is 0 Å². The maximum Gasteiger partial charge on any atom is 0.307 e. The zero-order valence-corrected chi connectivity index (χ0v) is 13.6. The molecule has 0 heterocycles. The molecule has 0 amide bonds. The van der Waals surface area contributed by atoms with Gasteiger partial charge in [0.05, 0.1) is 25.7 Å². The van der Waals surface area contributed by atoms with Crippen molar-refractivity contribution in [2.24, 2.45) is 0 Å². The number of aliphatic hydroxyl groups excluding tert-OH is 2. The van der Waals surface area contributed by atoms with Crippen molar-refractivity contribution in [1.82, 2.24) is 5.32 Å². The fraction of sp³-hybridized carbons (Fsp3) is 0.562. The largest absolute Gasteiger partial charge is 0.464 e. The summed E-state index contributed by atoms with van der Waals surface area (Å²) in [6, 6.07) is 7.57. The van der Waals surface area contributed by atoms with Gasteiger partial charge < -0.3 is 30.9 Å². The Morgan fingerprint density at radius 3 is 2.70 bits per heavy atom. The van der Waals surface area contributed by atoms with Crippen molar-refractivity contribution >= 4 is 17.3 Å². The minimum Gasteiger partial charge on any atom is -0.464 e. The Balaban J connectivity index is 2.21. The lowest BCUT2D eigenvalue weighted by Gasteiger charge is -2.23. The van der Waals surface area contributed by atoms with Crippen LogP contribution >= 0.6 is 0 Å². The second-order valence-electron chi connectivity index (χ2n) is 5.18. The molecule has 7 heteroatoms. The van der Waals surface area contributed by atoms with Gasteiger partial charge in [0.15, 0.2) is 0 Å². The van der Waals surface area contributed by atoms with E-state index in [2.05, 4.69) is 10.2 Å². The third-order valence-electron chi connectivity index (χ3n) is 3.36. The fourth-order valence-electron chi connectivity index (χ4n) is 2.02. The SMILES string of the molecule is CCN(CCOC(=O)CCNCC(O)CO)c1ccc(N)cc1. The van der Waals surface area contributed by atoms with Crippen molar-refractivity contribution in [3.05, 3.63) is 24.3 Å². The number of aliphatic hydroxyl groups is 2. The quantitative estimate of drug-likeness (QED) is 0.257. The molecule has 0 radical (unpaired) electrons. The smallest absolute Gasteiger partial charge is 0.307 e. The molecular formula is C16H27N3O4. The summed E-state index contributed by atoms with van der Waals surface area (Å²) in [5, 5.41) is 20.7. The van der Waals surface area contributed by atoms with Crippen LogP contribution in [0.25, 0.3) is 0 Å². The molecule has 0 spiro atoms. The Bertz CT molecular complexity index is 453. The lowest BCUT2D eigenvalue weighted by Crippen LogP contribution is -2.31. The number of esters is 1. The fourth-order valence-corrected chi connectivity index (χ4v) is 2.02. The standard InChI is InChI=1S/C16H27N3O4/c1-2-19(14-5-3-13(17)4-6-14)9-10-23-16(22)7-8-18-11-15(21)12-20/h3-6,15,18,20-21H,2,7-12,17H2,1H3. The first kappa shape index (κ1) is 19.2. The number of benzene rings is 1. The summed E-state index contributed by atoms with van der Waals surface area (Å²) in [6.45, 7) is 4.14. The van der Waals surface area contributed by atoms with Crippen LogP contribution in [0.15, 0.2) is 24.3 Å². The molecule has 0 aliphatic heterocycles. The van der Waals surface area contributed by atoms with Gasteiger partial charge >= 0.3 is 5.97 Å². The molecule has 1 rings (SSSR count). The molecule has 5 N–H and O–H groups in total. The summed E-state index contributed by atoms with van der Waals surface area (Å²) in [5.41, 5.74) is 7.43. The first-order valence-electron chi connectivity index (χ1n) is 7.82. The van der Waals surface area contributed by atoms with E-state index in [1.54, 1.807) is 0 Å². The van der Waals surface area contributed by atoms with Crippen molar-refractivity contribution in [2.75, 3.05) is 50.0 Å². The molecule has 23 heavy (non-hydrogen) atoms. The Morgan fingerprint density at radius 1 is 1.39 bits per heavy atom. The van der Waals surface area contributed by atoms with E-state index in [4.69, 9.17) is 20.7 Å². The highest BCUT2D eigenvalue weighted by Crippen LogP contribution is 2.15. The number of ether oxygens (including phenoxy) is 1. The Morgan fingerprint density at radius 2 is 2.09 bits per heavy atom. The maximum absolute atomic E-state index is 11.6. The van der Waals surface area contributed by atoms with Crippen molar-refractivity contribution < 1.29 is 19.7 Å². The predicted molar refractivity (Wildman–Crippen MR) is 90.3 cm³/mol. The summed E-state index contributed by atoms with van der Waals surface area (Å²) in [7, 11) is 0. The molecule has 0 saturated heterocycles. The molecule has 1 unspecified atom stereocenters. The summed E-state index contributed by atoms with van der Waals surface area (Å²) < 4.78 is 5.20. The molecule has 0 aliphatic carbocycles. The van der Waals surface area contributed by atoms with Crippen molar-refractivity contribution in [3.8, 4) is 0 Å². The number of rotatable bonds is 11. The monoisotopic (exact) mass is 325 g/mol. The van der Waals surface area contributed by atoms with Gasteiger partial charge in [-0.25, -0.2) is 0 Å². The van der Waals surface area contributed by atoms with Crippen LogP contribution in [0.4, 0.5) is 11.4 Å². The van der Waals surface area contributed by atoms with Crippen molar-refractivity contribution in [3.63, 3.8) is 0 Å². The Kier molecular flexibility index (Phi) is 9.04. The third-order valence-corrected chi connectivity index (χ3v) is 3.36. The zero-order chi connectivity index (χ0) is 17.1. The third kappa shape index (κ3) is 7.83. The topological polar surface area (TPSA) is 108 Å². The molecule has 7 nitrogen and oxygen atoms in total. The van der Waals surface area contributed by atoms with Crippen LogP contribution in [0.2, 0.25) is 0 Å². The number of nitrogens with one attached hydrogen (secondary N) is 1. The van der Waals surface area contributed by atoms with Crippen molar-refractivity contribution in [2.45, 2.75) is 19.4 Å². The zero-order valence-electron chi connectivity index (χ0n) is 13.6. The van der Waals surface area contributed by atoms with Gasteiger partial charge in [0, 0.05) is 31.0 Å². The second-order valence-corrected chi connectivity index (χ2v) is 5.18. The van der Waals surface area contributed by atoms with Gasteiger partial charge in [0.25, 0.3) is 0 Å². The minimum absolute atomic E-state index is 0.228. The van der Waals surface area contributed by atoms with Gasteiger partial charge in [-0.2, -0.15) is 0 Å². The minimum atomic E-state index is -0.802. The molecule has 1 aromatic rings. The molecule has 0 saturated carbocycles. The van der Waals surface area contributed by atoms with E-state index < -0.39 is 6.10 Å². The first-order chi connectivity index (χ1) is 11.1. The number of nitrogens with zero attached hydrogens (tertiary/aromatic N) is 1. The normalized spacial score (nSPS) is 12.0. The second kappa shape index (κ2) is 10.8. The Hall–Kier alpha value is -1.83. The van der Waals surface area contributed by atoms with E-state index >= 15 is 0 Å². The highest BCUT2D eigenvalue weighted by atomic mass is 16.5. The number of nitrogens with two attached hydrogens (primary N) is 1. The van der Waals surface area contributed by atoms with Gasteiger partial charge in [-0.05, 0) is 31.2 Å². The van der Waals surface area contributed by atoms with E-state index in [9.17, 15) is 4.79 Å². The number of anilines is 2. The number of nitrogen functional groups attached to an aromatic ring is 1. The maximum atomic E-state index is 11.6. The number of carbonyl (C=O) groups is 1. The lowest BCUT2D eigenvalue weighted by atomic mass is 10.2. The number of hydrogen-bond donors (Lipinski definition) is 4. The average molecular weight is 325 g/mol.